The monoisotopic (exact) mass is 675 g/mol. The predicted octanol–water partition coefficient (Wildman–Crippen LogP) is 5.30. The molecule has 226 valence electrons. The van der Waals surface area contributed by atoms with Gasteiger partial charge in [-0.15, -0.1) is 0 Å². The van der Waals surface area contributed by atoms with Crippen molar-refractivity contribution in [2.24, 2.45) is 0 Å². The molecule has 0 bridgehead atoms. The van der Waals surface area contributed by atoms with Gasteiger partial charge >= 0.3 is 0 Å². The van der Waals surface area contributed by atoms with Crippen LogP contribution in [0.3, 0.4) is 0 Å². The van der Waals surface area contributed by atoms with Crippen molar-refractivity contribution in [2.75, 3.05) is 46.4 Å². The second kappa shape index (κ2) is 14.3. The number of hydrogen-bond donors (Lipinski definition) is 0. The van der Waals surface area contributed by atoms with Crippen LogP contribution in [-0.2, 0) is 26.6 Å². The highest BCUT2D eigenvalue weighted by Crippen LogP contribution is 2.25. The third kappa shape index (κ3) is 8.30. The molecular formula is C31H38BrN3O5S2. The maximum Gasteiger partial charge on any atom is 0.243 e. The highest BCUT2D eigenvalue weighted by molar-refractivity contribution is 9.10. The van der Waals surface area contributed by atoms with Crippen molar-refractivity contribution in [1.82, 2.24) is 13.5 Å². The van der Waals surface area contributed by atoms with E-state index in [2.05, 4.69) is 39.5 Å². The average Bonchev–Trinajstić information content (AvgIpc) is 2.95. The fourth-order valence-electron chi connectivity index (χ4n) is 5.07. The van der Waals surface area contributed by atoms with Gasteiger partial charge in [0.15, 0.2) is 0 Å². The van der Waals surface area contributed by atoms with Crippen LogP contribution in [-0.4, -0.2) is 76.7 Å². The van der Waals surface area contributed by atoms with Crippen LogP contribution >= 0.6 is 15.9 Å². The Labute approximate surface area is 258 Å². The third-order valence-corrected chi connectivity index (χ3v) is 11.3. The maximum absolute atomic E-state index is 13.9. The minimum absolute atomic E-state index is 0.0105. The number of sulfonamides is 2. The molecule has 1 fully saturated rings. The summed E-state index contributed by atoms with van der Waals surface area (Å²) in [7, 11) is -6.22. The Morgan fingerprint density at radius 3 is 1.90 bits per heavy atom. The number of ether oxygens (including phenoxy) is 1. The molecule has 0 N–H and O–H groups in total. The average molecular weight is 677 g/mol. The summed E-state index contributed by atoms with van der Waals surface area (Å²) in [5, 5.41) is 0. The number of benzene rings is 3. The molecule has 1 saturated heterocycles. The van der Waals surface area contributed by atoms with Crippen LogP contribution in [0.25, 0.3) is 0 Å². The van der Waals surface area contributed by atoms with E-state index in [1.54, 1.807) is 24.3 Å². The van der Waals surface area contributed by atoms with Gasteiger partial charge in [-0.3, -0.25) is 4.90 Å². The fourth-order valence-corrected chi connectivity index (χ4v) is 8.96. The lowest BCUT2D eigenvalue weighted by Gasteiger charge is -2.30. The summed E-state index contributed by atoms with van der Waals surface area (Å²) in [5.74, 6) is 0.562. The van der Waals surface area contributed by atoms with Crippen molar-refractivity contribution in [3.8, 4) is 5.75 Å². The molecule has 1 aliphatic rings. The molecule has 1 aliphatic heterocycles. The highest BCUT2D eigenvalue weighted by atomic mass is 79.9. The number of aryl methyl sites for hydroxylation is 1. The number of methoxy groups -OCH3 is 1. The molecule has 4 rings (SSSR count). The molecule has 3 aromatic rings. The standard InChI is InChI=1S/C31H38BrN3O5S2/c1-25-19-28(32)21-31(20-25)42(38,39)35-18-8-16-33(24-27-9-5-4-6-10-27)15-7-17-34(22-26(2)23-35)41(36,37)30-13-11-29(40-3)12-14-30/h4-6,9-14,19-21H,2,7-8,15-18,22-24H2,1,3H3. The molecule has 0 aliphatic carbocycles. The van der Waals surface area contributed by atoms with Gasteiger partial charge in [-0.1, -0.05) is 52.8 Å². The number of halogens is 1. The van der Waals surface area contributed by atoms with Crippen molar-refractivity contribution in [1.29, 1.82) is 0 Å². The van der Waals surface area contributed by atoms with Crippen LogP contribution in [0.5, 0.6) is 5.75 Å². The minimum Gasteiger partial charge on any atom is -0.497 e. The van der Waals surface area contributed by atoms with E-state index in [0.29, 0.717) is 48.3 Å². The maximum atomic E-state index is 13.9. The van der Waals surface area contributed by atoms with Gasteiger partial charge in [0, 0.05) is 37.2 Å². The Bertz CT molecular complexity index is 1560. The first-order valence-corrected chi connectivity index (χ1v) is 17.5. The van der Waals surface area contributed by atoms with E-state index in [-0.39, 0.29) is 36.0 Å². The molecule has 0 spiro atoms. The Morgan fingerprint density at radius 2 is 1.36 bits per heavy atom. The lowest BCUT2D eigenvalue weighted by Crippen LogP contribution is -2.41. The lowest BCUT2D eigenvalue weighted by atomic mass is 10.2. The normalized spacial score (nSPS) is 17.4. The number of nitrogens with zero attached hydrogens (tertiary/aromatic N) is 3. The van der Waals surface area contributed by atoms with Crippen molar-refractivity contribution in [2.45, 2.75) is 36.1 Å². The molecular weight excluding hydrogens is 638 g/mol. The second-order valence-corrected chi connectivity index (χ2v) is 15.3. The van der Waals surface area contributed by atoms with E-state index in [4.69, 9.17) is 4.74 Å². The quantitative estimate of drug-likeness (QED) is 0.316. The zero-order chi connectivity index (χ0) is 30.3. The van der Waals surface area contributed by atoms with Crippen LogP contribution in [0.1, 0.15) is 24.0 Å². The summed E-state index contributed by atoms with van der Waals surface area (Å²) in [6, 6.07) is 21.5. The smallest absolute Gasteiger partial charge is 0.243 e. The molecule has 0 saturated carbocycles. The topological polar surface area (TPSA) is 87.2 Å². The molecule has 11 heteroatoms. The summed E-state index contributed by atoms with van der Waals surface area (Å²) in [6.07, 6.45) is 1.25. The minimum atomic E-state index is -3.88. The number of rotatable bonds is 7. The summed E-state index contributed by atoms with van der Waals surface area (Å²) in [4.78, 5) is 2.61. The van der Waals surface area contributed by atoms with Crippen molar-refractivity contribution >= 4 is 36.0 Å². The van der Waals surface area contributed by atoms with Crippen molar-refractivity contribution < 1.29 is 21.6 Å². The van der Waals surface area contributed by atoms with Crippen molar-refractivity contribution in [3.63, 3.8) is 0 Å². The van der Waals surface area contributed by atoms with Crippen LogP contribution in [0.2, 0.25) is 0 Å². The van der Waals surface area contributed by atoms with E-state index in [1.807, 2.05) is 31.2 Å². The molecule has 3 aromatic carbocycles. The SMILES string of the molecule is C=C1CN(S(=O)(=O)c2ccc(OC)cc2)CCCN(Cc2ccccc2)CCCN(S(=O)(=O)c2cc(C)cc(Br)c2)C1. The summed E-state index contributed by atoms with van der Waals surface area (Å²) >= 11 is 3.42. The number of hydrogen-bond acceptors (Lipinski definition) is 6. The first-order chi connectivity index (χ1) is 20.0. The van der Waals surface area contributed by atoms with Crippen LogP contribution < -0.4 is 4.74 Å². The lowest BCUT2D eigenvalue weighted by molar-refractivity contribution is 0.238. The van der Waals surface area contributed by atoms with Crippen molar-refractivity contribution in [3.05, 3.63) is 101 Å². The third-order valence-electron chi connectivity index (χ3n) is 7.16. The molecule has 1 heterocycles. The van der Waals surface area contributed by atoms with Gasteiger partial charge in [0.1, 0.15) is 5.75 Å². The van der Waals surface area contributed by atoms with Crippen LogP contribution in [0, 0.1) is 6.92 Å². The van der Waals surface area contributed by atoms with E-state index in [9.17, 15) is 16.8 Å². The van der Waals surface area contributed by atoms with Gasteiger partial charge in [-0.05, 0) is 92.0 Å². The molecule has 0 aromatic heterocycles. The van der Waals surface area contributed by atoms with Gasteiger partial charge in [-0.2, -0.15) is 8.61 Å². The van der Waals surface area contributed by atoms with Gasteiger partial charge < -0.3 is 4.74 Å². The van der Waals surface area contributed by atoms with Gasteiger partial charge in [-0.25, -0.2) is 16.8 Å². The Balaban J connectivity index is 1.65. The molecule has 0 unspecified atom stereocenters. The zero-order valence-corrected chi connectivity index (χ0v) is 27.3. The predicted molar refractivity (Wildman–Crippen MR) is 169 cm³/mol. The highest BCUT2D eigenvalue weighted by Gasteiger charge is 2.30. The molecule has 0 radical (unpaired) electrons. The Morgan fingerprint density at radius 1 is 0.786 bits per heavy atom. The van der Waals surface area contributed by atoms with Gasteiger partial charge in [0.25, 0.3) is 0 Å². The largest absolute Gasteiger partial charge is 0.497 e. The Hall–Kier alpha value is -2.54. The second-order valence-electron chi connectivity index (χ2n) is 10.5. The Kier molecular flexibility index (Phi) is 11.0. The van der Waals surface area contributed by atoms with E-state index in [0.717, 1.165) is 11.1 Å². The van der Waals surface area contributed by atoms with E-state index >= 15 is 0 Å². The van der Waals surface area contributed by atoms with E-state index < -0.39 is 20.0 Å². The summed E-state index contributed by atoms with van der Waals surface area (Å²) in [5.41, 5.74) is 2.47. The van der Waals surface area contributed by atoms with Crippen LogP contribution in [0.15, 0.2) is 99.2 Å². The molecule has 8 nitrogen and oxygen atoms in total. The first kappa shape index (κ1) is 32.4. The van der Waals surface area contributed by atoms with Gasteiger partial charge in [0.2, 0.25) is 20.0 Å². The zero-order valence-electron chi connectivity index (χ0n) is 24.1. The molecule has 0 amide bonds. The first-order valence-electron chi connectivity index (χ1n) is 13.8. The molecule has 42 heavy (non-hydrogen) atoms. The van der Waals surface area contributed by atoms with Gasteiger partial charge in [0.05, 0.1) is 16.9 Å². The molecule has 0 atom stereocenters. The fraction of sp³-hybridized carbons (Fsp3) is 0.355. The van der Waals surface area contributed by atoms with Crippen LogP contribution in [0.4, 0.5) is 0 Å². The summed E-state index contributed by atoms with van der Waals surface area (Å²) in [6.45, 7) is 8.58. The summed E-state index contributed by atoms with van der Waals surface area (Å²) < 4.78 is 64.1. The van der Waals surface area contributed by atoms with E-state index in [1.165, 1.54) is 27.9 Å².